The number of amides is 1. The number of halogens is 1. The van der Waals surface area contributed by atoms with Gasteiger partial charge in [-0.25, -0.2) is 4.79 Å². The number of para-hydroxylation sites is 1. The van der Waals surface area contributed by atoms with Crippen LogP contribution in [0.25, 0.3) is 10.9 Å². The van der Waals surface area contributed by atoms with E-state index in [-0.39, 0.29) is 5.91 Å². The molecular weight excluding hydrogens is 443 g/mol. The normalized spacial score (nSPS) is 11.8. The number of methoxy groups -OCH3 is 1. The van der Waals surface area contributed by atoms with Crippen LogP contribution in [0.5, 0.6) is 0 Å². The largest absolute Gasteiger partial charge is 0.467 e. The number of nitrogens with zero attached hydrogens (tertiary/aromatic N) is 1. The first-order valence-corrected chi connectivity index (χ1v) is 9.13. The Hall–Kier alpha value is -2.48. The second-order valence-electron chi connectivity index (χ2n) is 5.76. The van der Waals surface area contributed by atoms with E-state index in [1.807, 2.05) is 48.5 Å². The molecule has 0 unspecified atom stereocenters. The first-order chi connectivity index (χ1) is 12.6. The summed E-state index contributed by atoms with van der Waals surface area (Å²) in [6.07, 6.45) is 1.95. The lowest BCUT2D eigenvalue weighted by atomic mass is 10.0. The van der Waals surface area contributed by atoms with Gasteiger partial charge in [0.05, 0.1) is 18.2 Å². The molecule has 6 heteroatoms. The number of ether oxygens (including phenoxy) is 1. The molecule has 1 atom stereocenters. The Morgan fingerprint density at radius 1 is 1.12 bits per heavy atom. The quantitative estimate of drug-likeness (QED) is 0.469. The Morgan fingerprint density at radius 2 is 1.85 bits per heavy atom. The lowest BCUT2D eigenvalue weighted by Gasteiger charge is -2.17. The second-order valence-corrected chi connectivity index (χ2v) is 7.00. The topological polar surface area (TPSA) is 68.3 Å². The van der Waals surface area contributed by atoms with E-state index in [9.17, 15) is 9.59 Å². The Kier molecular flexibility index (Phi) is 5.82. The highest BCUT2D eigenvalue weighted by molar-refractivity contribution is 14.1. The van der Waals surface area contributed by atoms with E-state index >= 15 is 0 Å². The zero-order valence-electron chi connectivity index (χ0n) is 14.1. The number of hydrogen-bond acceptors (Lipinski definition) is 4. The van der Waals surface area contributed by atoms with Crippen molar-refractivity contribution in [2.45, 2.75) is 12.5 Å². The van der Waals surface area contributed by atoms with E-state index < -0.39 is 12.0 Å². The molecule has 132 valence electrons. The number of esters is 1. The van der Waals surface area contributed by atoms with E-state index in [0.717, 1.165) is 20.0 Å². The van der Waals surface area contributed by atoms with Gasteiger partial charge in [-0.15, -0.1) is 0 Å². The van der Waals surface area contributed by atoms with Gasteiger partial charge in [0.15, 0.2) is 0 Å². The van der Waals surface area contributed by atoms with Gasteiger partial charge in [0, 0.05) is 21.6 Å². The molecule has 3 aromatic rings. The van der Waals surface area contributed by atoms with Crippen LogP contribution in [0.15, 0.2) is 60.8 Å². The summed E-state index contributed by atoms with van der Waals surface area (Å²) in [6, 6.07) is 16.1. The number of carbonyl (C=O) groups is 2. The standard InChI is InChI=1S/C20H17IN2O3/c1-26-20(25)18(12-13-6-8-14(21)9-7-13)23-19(24)16-10-11-22-17-5-3-2-4-15(16)17/h2-11,18H,12H2,1H3,(H,23,24)/t18-/m1/s1. The van der Waals surface area contributed by atoms with E-state index in [4.69, 9.17) is 4.74 Å². The van der Waals surface area contributed by atoms with Crippen molar-refractivity contribution in [3.05, 3.63) is 75.5 Å². The van der Waals surface area contributed by atoms with Crippen molar-refractivity contribution < 1.29 is 14.3 Å². The smallest absolute Gasteiger partial charge is 0.328 e. The Morgan fingerprint density at radius 3 is 2.58 bits per heavy atom. The maximum atomic E-state index is 12.8. The van der Waals surface area contributed by atoms with Crippen molar-refractivity contribution in [2.24, 2.45) is 0 Å². The maximum Gasteiger partial charge on any atom is 0.328 e. The zero-order chi connectivity index (χ0) is 18.5. The minimum atomic E-state index is -0.764. The highest BCUT2D eigenvalue weighted by atomic mass is 127. The number of rotatable bonds is 5. The summed E-state index contributed by atoms with van der Waals surface area (Å²) in [4.78, 5) is 29.2. The molecule has 0 bridgehead atoms. The van der Waals surface area contributed by atoms with Crippen molar-refractivity contribution in [1.82, 2.24) is 10.3 Å². The number of aromatic nitrogens is 1. The van der Waals surface area contributed by atoms with Crippen LogP contribution in [0.4, 0.5) is 0 Å². The number of fused-ring (bicyclic) bond motifs is 1. The molecule has 0 fully saturated rings. The van der Waals surface area contributed by atoms with E-state index in [1.54, 1.807) is 12.3 Å². The summed E-state index contributed by atoms with van der Waals surface area (Å²) in [5.41, 5.74) is 2.15. The van der Waals surface area contributed by atoms with Gasteiger partial charge in [-0.1, -0.05) is 30.3 Å². The highest BCUT2D eigenvalue weighted by Crippen LogP contribution is 2.17. The SMILES string of the molecule is COC(=O)[C@@H](Cc1ccc(I)cc1)NC(=O)c1ccnc2ccccc12. The van der Waals surface area contributed by atoms with Crippen LogP contribution < -0.4 is 5.32 Å². The summed E-state index contributed by atoms with van der Waals surface area (Å²) < 4.78 is 5.97. The molecule has 0 radical (unpaired) electrons. The van der Waals surface area contributed by atoms with Crippen molar-refractivity contribution in [3.63, 3.8) is 0 Å². The molecule has 26 heavy (non-hydrogen) atoms. The molecule has 0 aliphatic rings. The van der Waals surface area contributed by atoms with Gasteiger partial charge >= 0.3 is 5.97 Å². The lowest BCUT2D eigenvalue weighted by molar-refractivity contribution is -0.142. The van der Waals surface area contributed by atoms with Crippen LogP contribution in [-0.4, -0.2) is 30.0 Å². The van der Waals surface area contributed by atoms with E-state index in [0.29, 0.717) is 12.0 Å². The van der Waals surface area contributed by atoms with Crippen molar-refractivity contribution in [2.75, 3.05) is 7.11 Å². The number of benzene rings is 2. The van der Waals surface area contributed by atoms with Gasteiger partial charge in [0.2, 0.25) is 0 Å². The third-order valence-corrected chi connectivity index (χ3v) is 4.76. The van der Waals surface area contributed by atoms with Gasteiger partial charge in [-0.3, -0.25) is 9.78 Å². The van der Waals surface area contributed by atoms with Gasteiger partial charge < -0.3 is 10.1 Å². The average Bonchev–Trinajstić information content (AvgIpc) is 2.68. The first kappa shape index (κ1) is 18.3. The van der Waals surface area contributed by atoms with Gasteiger partial charge in [-0.2, -0.15) is 0 Å². The summed E-state index contributed by atoms with van der Waals surface area (Å²) in [5.74, 6) is -0.806. The van der Waals surface area contributed by atoms with Crippen LogP contribution >= 0.6 is 22.6 Å². The second kappa shape index (κ2) is 8.27. The summed E-state index contributed by atoms with van der Waals surface area (Å²) >= 11 is 2.22. The molecule has 1 aromatic heterocycles. The van der Waals surface area contributed by atoms with Crippen LogP contribution in [0, 0.1) is 3.57 Å². The van der Waals surface area contributed by atoms with Crippen LogP contribution in [0.3, 0.4) is 0 Å². The third-order valence-electron chi connectivity index (χ3n) is 4.04. The monoisotopic (exact) mass is 460 g/mol. The molecule has 3 rings (SSSR count). The Bertz CT molecular complexity index is 936. The van der Waals surface area contributed by atoms with Crippen LogP contribution in [-0.2, 0) is 16.0 Å². The molecule has 0 aliphatic heterocycles. The lowest BCUT2D eigenvalue weighted by Crippen LogP contribution is -2.43. The maximum absolute atomic E-state index is 12.8. The molecule has 1 amide bonds. The fourth-order valence-electron chi connectivity index (χ4n) is 2.72. The third kappa shape index (κ3) is 4.19. The molecular formula is C20H17IN2O3. The first-order valence-electron chi connectivity index (χ1n) is 8.05. The van der Waals surface area contributed by atoms with Gasteiger partial charge in [0.25, 0.3) is 5.91 Å². The van der Waals surface area contributed by atoms with Crippen molar-refractivity contribution in [3.8, 4) is 0 Å². The molecule has 1 N–H and O–H groups in total. The summed E-state index contributed by atoms with van der Waals surface area (Å²) in [5, 5.41) is 3.54. The number of hydrogen-bond donors (Lipinski definition) is 1. The van der Waals surface area contributed by atoms with E-state index in [2.05, 4.69) is 32.9 Å². The van der Waals surface area contributed by atoms with Crippen molar-refractivity contribution >= 4 is 45.4 Å². The van der Waals surface area contributed by atoms with Crippen LogP contribution in [0.2, 0.25) is 0 Å². The predicted octanol–water partition coefficient (Wildman–Crippen LogP) is 3.35. The highest BCUT2D eigenvalue weighted by Gasteiger charge is 2.23. The molecule has 1 heterocycles. The summed E-state index contributed by atoms with van der Waals surface area (Å²) in [6.45, 7) is 0. The Labute approximate surface area is 164 Å². The predicted molar refractivity (Wildman–Crippen MR) is 108 cm³/mol. The minimum Gasteiger partial charge on any atom is -0.467 e. The Balaban J connectivity index is 1.85. The van der Waals surface area contributed by atoms with E-state index in [1.165, 1.54) is 7.11 Å². The van der Waals surface area contributed by atoms with Gasteiger partial charge in [-0.05, 0) is 52.4 Å². The molecule has 0 saturated heterocycles. The summed E-state index contributed by atoms with van der Waals surface area (Å²) in [7, 11) is 1.32. The fourth-order valence-corrected chi connectivity index (χ4v) is 3.08. The molecule has 5 nitrogen and oxygen atoms in total. The number of pyridine rings is 1. The average molecular weight is 460 g/mol. The number of carbonyl (C=O) groups excluding carboxylic acids is 2. The van der Waals surface area contributed by atoms with Crippen molar-refractivity contribution in [1.29, 1.82) is 0 Å². The molecule has 0 spiro atoms. The zero-order valence-corrected chi connectivity index (χ0v) is 16.3. The molecule has 0 saturated carbocycles. The van der Waals surface area contributed by atoms with Crippen LogP contribution in [0.1, 0.15) is 15.9 Å². The van der Waals surface area contributed by atoms with Gasteiger partial charge in [0.1, 0.15) is 6.04 Å². The fraction of sp³-hybridized carbons (Fsp3) is 0.150. The number of nitrogens with one attached hydrogen (secondary N) is 1. The molecule has 2 aromatic carbocycles. The molecule has 0 aliphatic carbocycles. The minimum absolute atomic E-state index is 0.329.